The Kier molecular flexibility index (Phi) is 4.04. The predicted octanol–water partition coefficient (Wildman–Crippen LogP) is 3.71. The van der Waals surface area contributed by atoms with E-state index in [0.717, 1.165) is 0 Å². The normalized spacial score (nSPS) is 10.5. The number of amides is 1. The van der Waals surface area contributed by atoms with Gasteiger partial charge in [-0.25, -0.2) is 4.79 Å². The average molecular weight is 330 g/mol. The summed E-state index contributed by atoms with van der Waals surface area (Å²) in [7, 11) is 1.49. The van der Waals surface area contributed by atoms with Crippen molar-refractivity contribution in [3.8, 4) is 5.75 Å². The molecule has 0 radical (unpaired) electrons. The first-order valence-corrected chi connectivity index (χ1v) is 7.14. The minimum atomic E-state index is -0.649. The third-order valence-corrected chi connectivity index (χ3v) is 3.55. The fraction of sp³-hybridized carbons (Fsp3) is 0.0588. The Hall–Kier alpha value is -2.79. The van der Waals surface area contributed by atoms with Crippen LogP contribution in [-0.2, 0) is 0 Å². The SMILES string of the molecule is COc1cccc2cc(NC(=O)c3ccc(Cl)cc3)c(=O)oc12. The number of carbonyl (C=O) groups excluding carboxylic acids is 1. The first-order chi connectivity index (χ1) is 11.1. The standard InChI is InChI=1S/C17H12ClNO4/c1-22-14-4-2-3-11-9-13(17(21)23-15(11)14)19-16(20)10-5-7-12(18)8-6-10/h2-9H,1H3,(H,19,20). The molecule has 1 heterocycles. The van der Waals surface area contributed by atoms with Gasteiger partial charge in [0.1, 0.15) is 5.69 Å². The fourth-order valence-electron chi connectivity index (χ4n) is 2.16. The molecule has 1 amide bonds. The molecule has 0 saturated heterocycles. The van der Waals surface area contributed by atoms with E-state index in [4.69, 9.17) is 20.8 Å². The fourth-order valence-corrected chi connectivity index (χ4v) is 2.29. The predicted molar refractivity (Wildman–Crippen MR) is 88.4 cm³/mol. The zero-order chi connectivity index (χ0) is 16.4. The summed E-state index contributed by atoms with van der Waals surface area (Å²) in [6, 6.07) is 13.1. The van der Waals surface area contributed by atoms with Crippen LogP contribution in [0.25, 0.3) is 11.0 Å². The maximum Gasteiger partial charge on any atom is 0.360 e. The van der Waals surface area contributed by atoms with Crippen molar-refractivity contribution in [3.05, 3.63) is 69.5 Å². The van der Waals surface area contributed by atoms with Crippen molar-refractivity contribution in [2.45, 2.75) is 0 Å². The lowest BCUT2D eigenvalue weighted by atomic mass is 10.2. The van der Waals surface area contributed by atoms with Gasteiger partial charge >= 0.3 is 5.63 Å². The summed E-state index contributed by atoms with van der Waals surface area (Å²) in [5.74, 6) is 0.0337. The summed E-state index contributed by atoms with van der Waals surface area (Å²) in [4.78, 5) is 24.2. The van der Waals surface area contributed by atoms with E-state index in [-0.39, 0.29) is 5.69 Å². The Balaban J connectivity index is 1.97. The van der Waals surface area contributed by atoms with Crippen LogP contribution in [0.5, 0.6) is 5.75 Å². The average Bonchev–Trinajstić information content (AvgIpc) is 2.55. The van der Waals surface area contributed by atoms with Crippen molar-refractivity contribution in [3.63, 3.8) is 0 Å². The van der Waals surface area contributed by atoms with Gasteiger partial charge in [-0.3, -0.25) is 4.79 Å². The molecule has 0 spiro atoms. The van der Waals surface area contributed by atoms with Crippen molar-refractivity contribution in [1.29, 1.82) is 0 Å². The van der Waals surface area contributed by atoms with E-state index in [1.165, 1.54) is 7.11 Å². The minimum Gasteiger partial charge on any atom is -0.493 e. The Bertz CT molecular complexity index is 931. The van der Waals surface area contributed by atoms with Gasteiger partial charge in [-0.15, -0.1) is 0 Å². The first-order valence-electron chi connectivity index (χ1n) is 6.76. The lowest BCUT2D eigenvalue weighted by Crippen LogP contribution is -2.17. The molecular formula is C17H12ClNO4. The maximum absolute atomic E-state index is 12.2. The monoisotopic (exact) mass is 329 g/mol. The van der Waals surface area contributed by atoms with Crippen LogP contribution in [0.4, 0.5) is 5.69 Å². The van der Waals surface area contributed by atoms with Crippen LogP contribution in [0.1, 0.15) is 10.4 Å². The molecule has 1 aromatic heterocycles. The summed E-state index contributed by atoms with van der Waals surface area (Å²) >= 11 is 5.79. The molecule has 1 N–H and O–H groups in total. The number of carbonyl (C=O) groups is 1. The lowest BCUT2D eigenvalue weighted by Gasteiger charge is -2.07. The highest BCUT2D eigenvalue weighted by Crippen LogP contribution is 2.25. The van der Waals surface area contributed by atoms with Gasteiger partial charge in [-0.05, 0) is 36.4 Å². The highest BCUT2D eigenvalue weighted by Gasteiger charge is 2.12. The molecule has 0 atom stereocenters. The summed E-state index contributed by atoms with van der Waals surface area (Å²) in [5.41, 5.74) is 0.138. The van der Waals surface area contributed by atoms with E-state index in [1.54, 1.807) is 48.5 Å². The number of methoxy groups -OCH3 is 1. The van der Waals surface area contributed by atoms with Gasteiger partial charge < -0.3 is 14.5 Å². The number of benzene rings is 2. The van der Waals surface area contributed by atoms with Gasteiger partial charge in [0, 0.05) is 16.0 Å². The second kappa shape index (κ2) is 6.14. The number of anilines is 1. The molecule has 116 valence electrons. The van der Waals surface area contributed by atoms with Crippen LogP contribution in [0.15, 0.2) is 57.7 Å². The van der Waals surface area contributed by atoms with Gasteiger partial charge in [-0.1, -0.05) is 23.7 Å². The summed E-state index contributed by atoms with van der Waals surface area (Å²) in [5, 5.41) is 3.72. The summed E-state index contributed by atoms with van der Waals surface area (Å²) in [6.45, 7) is 0. The molecule has 2 aromatic carbocycles. The molecule has 0 saturated carbocycles. The van der Waals surface area contributed by atoms with Gasteiger partial charge in [0.2, 0.25) is 0 Å². The van der Waals surface area contributed by atoms with Crippen molar-refractivity contribution in [2.75, 3.05) is 12.4 Å². The molecule has 3 aromatic rings. The van der Waals surface area contributed by atoms with Crippen LogP contribution >= 0.6 is 11.6 Å². The van der Waals surface area contributed by atoms with Crippen molar-refractivity contribution < 1.29 is 13.9 Å². The van der Waals surface area contributed by atoms with E-state index in [2.05, 4.69) is 5.32 Å². The molecule has 0 fully saturated rings. The summed E-state index contributed by atoms with van der Waals surface area (Å²) in [6.07, 6.45) is 0. The third-order valence-electron chi connectivity index (χ3n) is 3.30. The number of ether oxygens (including phenoxy) is 1. The van der Waals surface area contributed by atoms with Crippen LogP contribution in [-0.4, -0.2) is 13.0 Å². The molecule has 0 unspecified atom stereocenters. The van der Waals surface area contributed by atoms with Crippen LogP contribution in [0, 0.1) is 0 Å². The smallest absolute Gasteiger partial charge is 0.360 e. The third kappa shape index (κ3) is 3.05. The molecule has 0 bridgehead atoms. The van der Waals surface area contributed by atoms with Crippen LogP contribution in [0.3, 0.4) is 0 Å². The largest absolute Gasteiger partial charge is 0.493 e. The minimum absolute atomic E-state index is 0.0608. The molecule has 5 nitrogen and oxygen atoms in total. The van der Waals surface area contributed by atoms with Gasteiger partial charge in [0.25, 0.3) is 5.91 Å². The quantitative estimate of drug-likeness (QED) is 0.744. The molecule has 3 rings (SSSR count). The zero-order valence-electron chi connectivity index (χ0n) is 12.1. The Morgan fingerprint density at radius 2 is 1.91 bits per heavy atom. The number of para-hydroxylation sites is 1. The molecule has 0 aliphatic carbocycles. The van der Waals surface area contributed by atoms with Gasteiger partial charge in [0.05, 0.1) is 7.11 Å². The Morgan fingerprint density at radius 3 is 2.61 bits per heavy atom. The highest BCUT2D eigenvalue weighted by molar-refractivity contribution is 6.30. The van der Waals surface area contributed by atoms with E-state index >= 15 is 0 Å². The number of nitrogens with one attached hydrogen (secondary N) is 1. The van der Waals surface area contributed by atoms with Crippen molar-refractivity contribution in [1.82, 2.24) is 0 Å². The molecule has 0 aliphatic rings. The second-order valence-corrected chi connectivity index (χ2v) is 5.22. The number of fused-ring (bicyclic) bond motifs is 1. The van der Waals surface area contributed by atoms with Gasteiger partial charge in [-0.2, -0.15) is 0 Å². The van der Waals surface area contributed by atoms with E-state index in [9.17, 15) is 9.59 Å². The van der Waals surface area contributed by atoms with E-state index in [0.29, 0.717) is 27.3 Å². The number of hydrogen-bond donors (Lipinski definition) is 1. The Morgan fingerprint density at radius 1 is 1.17 bits per heavy atom. The number of halogens is 1. The first kappa shape index (κ1) is 15.1. The topological polar surface area (TPSA) is 68.5 Å². The van der Waals surface area contributed by atoms with Crippen molar-refractivity contribution >= 4 is 34.2 Å². The van der Waals surface area contributed by atoms with E-state index in [1.807, 2.05) is 0 Å². The number of rotatable bonds is 3. The number of hydrogen-bond acceptors (Lipinski definition) is 4. The highest BCUT2D eigenvalue weighted by atomic mass is 35.5. The van der Waals surface area contributed by atoms with Crippen LogP contribution < -0.4 is 15.7 Å². The summed E-state index contributed by atoms with van der Waals surface area (Å²) < 4.78 is 10.4. The van der Waals surface area contributed by atoms with Crippen LogP contribution in [0.2, 0.25) is 5.02 Å². The lowest BCUT2D eigenvalue weighted by molar-refractivity contribution is 0.102. The Labute approximate surface area is 136 Å². The maximum atomic E-state index is 12.2. The van der Waals surface area contributed by atoms with Crippen molar-refractivity contribution in [2.24, 2.45) is 0 Å². The zero-order valence-corrected chi connectivity index (χ0v) is 12.9. The molecule has 6 heteroatoms. The van der Waals surface area contributed by atoms with E-state index < -0.39 is 11.5 Å². The van der Waals surface area contributed by atoms with Gasteiger partial charge in [0.15, 0.2) is 11.3 Å². The second-order valence-electron chi connectivity index (χ2n) is 4.79. The molecular weight excluding hydrogens is 318 g/mol. The molecule has 23 heavy (non-hydrogen) atoms. The molecule has 0 aliphatic heterocycles.